The van der Waals surface area contributed by atoms with Crippen LogP contribution in [-0.4, -0.2) is 0 Å². The molecule has 8 nitrogen and oxygen atoms in total. The first kappa shape index (κ1) is 43.2. The molecule has 6 aromatic rings. The Kier molecular flexibility index (Phi) is 11.6. The number of rotatable bonds is 10. The second kappa shape index (κ2) is 16.7. The molecule has 0 N–H and O–H groups in total. The number of para-hydroxylation sites is 4. The summed E-state index contributed by atoms with van der Waals surface area (Å²) in [5.74, 6) is 3.08. The highest BCUT2D eigenvalue weighted by Gasteiger charge is 2.46. The molecule has 2 unspecified atom stereocenters. The lowest BCUT2D eigenvalue weighted by atomic mass is 9.55. The van der Waals surface area contributed by atoms with Crippen molar-refractivity contribution in [3.8, 4) is 34.5 Å². The largest absolute Gasteiger partial charge is 0.647 e. The van der Waals surface area contributed by atoms with Gasteiger partial charge in [0.15, 0.2) is 0 Å². The SMILES string of the molecule is Cc1cccc(C)c1OP(=O)(Oc1ccc(C2(c3ccc(OP4(=O)Oc5c(C)cccc5Cc5cccc(C)c5O4)cc3)CC(C)CC(C)(C)C2)cc1)Oc1c(C)cccc1C. The molecule has 0 spiro atoms. The van der Waals surface area contributed by atoms with Gasteiger partial charge in [0, 0.05) is 11.8 Å². The summed E-state index contributed by atoms with van der Waals surface area (Å²) in [5.41, 5.74) is 8.62. The standard InChI is InChI=1S/C52H56O8P2/c1-34-31-51(8,9)33-52(32-34,43-22-26-45(27-23-43)55-61(53,57-47-35(2)14-10-15-36(47)3)58-48-37(4)16-11-17-38(48)5)44-24-28-46(29-25-44)56-62(54)59-49-39(6)18-12-20-41(49)30-42-21-13-19-40(7)50(42)60-62/h10-29,34H,30-33H2,1-9H3. The minimum Gasteiger partial charge on any atom is -0.386 e. The quantitative estimate of drug-likeness (QED) is 0.126. The minimum atomic E-state index is -4.28. The van der Waals surface area contributed by atoms with Gasteiger partial charge in [0.1, 0.15) is 34.5 Å². The zero-order valence-electron chi connectivity index (χ0n) is 37.1. The molecule has 1 aliphatic carbocycles. The Morgan fingerprint density at radius 2 is 0.984 bits per heavy atom. The molecule has 0 bridgehead atoms. The Bertz CT molecular complexity index is 2570. The second-order valence-corrected chi connectivity index (χ2v) is 21.1. The number of benzene rings is 6. The molecular weight excluding hydrogens is 815 g/mol. The van der Waals surface area contributed by atoms with E-state index in [1.807, 2.05) is 139 Å². The van der Waals surface area contributed by atoms with Crippen LogP contribution in [0.2, 0.25) is 0 Å². The second-order valence-electron chi connectivity index (χ2n) is 18.2. The Labute approximate surface area is 366 Å². The average molecular weight is 871 g/mol. The Morgan fingerprint density at radius 1 is 0.565 bits per heavy atom. The van der Waals surface area contributed by atoms with Crippen molar-refractivity contribution < 1.29 is 36.3 Å². The van der Waals surface area contributed by atoms with Crippen molar-refractivity contribution in [1.29, 1.82) is 0 Å². The van der Waals surface area contributed by atoms with Crippen molar-refractivity contribution in [2.75, 3.05) is 0 Å². The molecule has 2 atom stereocenters. The van der Waals surface area contributed by atoms with E-state index in [1.165, 1.54) is 0 Å². The van der Waals surface area contributed by atoms with Gasteiger partial charge in [-0.1, -0.05) is 118 Å². The van der Waals surface area contributed by atoms with Crippen LogP contribution in [0.4, 0.5) is 0 Å². The third kappa shape index (κ3) is 8.91. The van der Waals surface area contributed by atoms with Gasteiger partial charge in [-0.05, 0) is 152 Å². The van der Waals surface area contributed by atoms with Gasteiger partial charge in [0.2, 0.25) is 0 Å². The van der Waals surface area contributed by atoms with Crippen molar-refractivity contribution in [3.63, 3.8) is 0 Å². The van der Waals surface area contributed by atoms with Crippen LogP contribution in [-0.2, 0) is 21.0 Å². The van der Waals surface area contributed by atoms with E-state index in [0.717, 1.165) is 74.9 Å². The fourth-order valence-electron chi connectivity index (χ4n) is 9.72. The van der Waals surface area contributed by atoms with Gasteiger partial charge < -0.3 is 27.1 Å². The van der Waals surface area contributed by atoms with Crippen molar-refractivity contribution in [3.05, 3.63) is 177 Å². The van der Waals surface area contributed by atoms with Gasteiger partial charge in [-0.25, -0.2) is 0 Å². The zero-order valence-corrected chi connectivity index (χ0v) is 38.9. The predicted octanol–water partition coefficient (Wildman–Crippen LogP) is 14.9. The molecule has 1 saturated carbocycles. The van der Waals surface area contributed by atoms with Crippen LogP contribution >= 0.6 is 15.6 Å². The fourth-order valence-corrected chi connectivity index (χ4v) is 12.7. The molecular formula is C52H56O8P2. The molecule has 1 aliphatic heterocycles. The summed E-state index contributed by atoms with van der Waals surface area (Å²) in [5, 5.41) is 0. The van der Waals surface area contributed by atoms with E-state index in [9.17, 15) is 9.13 Å². The highest BCUT2D eigenvalue weighted by atomic mass is 31.2. The van der Waals surface area contributed by atoms with Crippen LogP contribution in [0.3, 0.4) is 0 Å². The normalized spacial score (nSPS) is 19.0. The van der Waals surface area contributed by atoms with Gasteiger partial charge >= 0.3 is 15.6 Å². The number of fused-ring (bicyclic) bond motifs is 2. The molecule has 0 radical (unpaired) electrons. The molecule has 62 heavy (non-hydrogen) atoms. The molecule has 6 aromatic carbocycles. The maximum Gasteiger partial charge on any atom is 0.647 e. The predicted molar refractivity (Wildman–Crippen MR) is 246 cm³/mol. The number of hydrogen-bond acceptors (Lipinski definition) is 8. The summed E-state index contributed by atoms with van der Waals surface area (Å²) in [6.07, 6.45) is 3.45. The van der Waals surface area contributed by atoms with Crippen LogP contribution in [0.15, 0.2) is 121 Å². The Morgan fingerprint density at radius 3 is 1.44 bits per heavy atom. The van der Waals surface area contributed by atoms with E-state index in [-0.39, 0.29) is 5.41 Å². The molecule has 10 heteroatoms. The summed E-state index contributed by atoms with van der Waals surface area (Å²) >= 11 is 0. The van der Waals surface area contributed by atoms with Crippen molar-refractivity contribution >= 4 is 15.6 Å². The van der Waals surface area contributed by atoms with E-state index in [2.05, 4.69) is 45.0 Å². The maximum atomic E-state index is 14.8. The summed E-state index contributed by atoms with van der Waals surface area (Å²) in [6, 6.07) is 39.0. The molecule has 322 valence electrons. The maximum absolute atomic E-state index is 14.8. The van der Waals surface area contributed by atoms with E-state index in [0.29, 0.717) is 46.8 Å². The third-order valence-corrected chi connectivity index (χ3v) is 14.7. The first-order valence-electron chi connectivity index (χ1n) is 21.3. The number of phosphoric acid groups is 2. The molecule has 2 aliphatic rings. The summed E-state index contributed by atoms with van der Waals surface area (Å²) in [6.45, 7) is 18.5. The van der Waals surface area contributed by atoms with Crippen molar-refractivity contribution in [2.24, 2.45) is 11.3 Å². The van der Waals surface area contributed by atoms with Crippen molar-refractivity contribution in [1.82, 2.24) is 0 Å². The fraction of sp³-hybridized carbons (Fsp3) is 0.308. The van der Waals surface area contributed by atoms with Crippen LogP contribution < -0.4 is 27.1 Å². The molecule has 1 fully saturated rings. The molecule has 8 rings (SSSR count). The smallest absolute Gasteiger partial charge is 0.386 e. The summed E-state index contributed by atoms with van der Waals surface area (Å²) in [4.78, 5) is 0. The van der Waals surface area contributed by atoms with Crippen LogP contribution in [0.25, 0.3) is 0 Å². The Balaban J connectivity index is 1.12. The molecule has 0 amide bonds. The lowest BCUT2D eigenvalue weighted by Crippen LogP contribution is -2.41. The van der Waals surface area contributed by atoms with E-state index >= 15 is 0 Å². The lowest BCUT2D eigenvalue weighted by molar-refractivity contribution is 0.127. The number of hydrogen-bond donors (Lipinski definition) is 0. The topological polar surface area (TPSA) is 89.5 Å². The highest BCUT2D eigenvalue weighted by molar-refractivity contribution is 7.50. The minimum absolute atomic E-state index is 0.0256. The van der Waals surface area contributed by atoms with Crippen molar-refractivity contribution in [2.45, 2.75) is 93.4 Å². The van der Waals surface area contributed by atoms with Gasteiger partial charge in [-0.15, -0.1) is 0 Å². The van der Waals surface area contributed by atoms with Crippen LogP contribution in [0.5, 0.6) is 34.5 Å². The van der Waals surface area contributed by atoms with Crippen LogP contribution in [0.1, 0.15) is 95.7 Å². The Hall–Kier alpha value is -5.42. The van der Waals surface area contributed by atoms with Gasteiger partial charge in [0.05, 0.1) is 0 Å². The molecule has 1 heterocycles. The highest BCUT2D eigenvalue weighted by Crippen LogP contribution is 2.57. The summed E-state index contributed by atoms with van der Waals surface area (Å²) < 4.78 is 67.0. The van der Waals surface area contributed by atoms with Crippen LogP contribution in [0, 0.1) is 52.9 Å². The first-order chi connectivity index (χ1) is 29.4. The monoisotopic (exact) mass is 870 g/mol. The van der Waals surface area contributed by atoms with Gasteiger partial charge in [0.25, 0.3) is 0 Å². The molecule has 0 saturated heterocycles. The number of aryl methyl sites for hydroxylation is 6. The van der Waals surface area contributed by atoms with E-state index in [1.54, 1.807) is 0 Å². The zero-order chi connectivity index (χ0) is 44.0. The van der Waals surface area contributed by atoms with E-state index < -0.39 is 21.1 Å². The van der Waals surface area contributed by atoms with Gasteiger partial charge in [-0.3, -0.25) is 0 Å². The van der Waals surface area contributed by atoms with E-state index in [4.69, 9.17) is 27.1 Å². The first-order valence-corrected chi connectivity index (χ1v) is 24.2. The third-order valence-electron chi connectivity index (χ3n) is 12.2. The average Bonchev–Trinajstić information content (AvgIpc) is 3.20. The summed E-state index contributed by atoms with van der Waals surface area (Å²) in [7, 11) is -8.49. The number of phosphoric ester groups is 2. The van der Waals surface area contributed by atoms with Gasteiger partial charge in [-0.2, -0.15) is 9.13 Å². The lowest BCUT2D eigenvalue weighted by Gasteiger charge is -2.48. The molecule has 0 aromatic heterocycles.